The Hall–Kier alpha value is -2.42. The molecule has 3 rings (SSSR count). The maximum atomic E-state index is 12.2. The fourth-order valence-corrected chi connectivity index (χ4v) is 3.64. The normalized spacial score (nSPS) is 10.8. The largest absolute Gasteiger partial charge is 0.418 e. The van der Waals surface area contributed by atoms with Gasteiger partial charge in [-0.3, -0.25) is 19.5 Å². The second-order valence-corrected chi connectivity index (χ2v) is 6.72. The van der Waals surface area contributed by atoms with Gasteiger partial charge in [0.1, 0.15) is 6.54 Å². The monoisotopic (exact) mass is 398 g/mol. The van der Waals surface area contributed by atoms with Gasteiger partial charge >= 0.3 is 16.5 Å². The van der Waals surface area contributed by atoms with Crippen LogP contribution in [0.25, 0.3) is 10.2 Å². The van der Waals surface area contributed by atoms with Gasteiger partial charge in [0.2, 0.25) is 5.75 Å². The standard InChI is InChI=1S/C15H8Cl2N2O5S/c16-8-4-5-11(10(6-8)19(22)23)24-13(20)7-18-14-9(17)2-1-3-12(14)25-15(18)21/h1-6H,7H2. The summed E-state index contributed by atoms with van der Waals surface area (Å²) in [5, 5.41) is 11.5. The zero-order chi connectivity index (χ0) is 18.1. The second-order valence-electron chi connectivity index (χ2n) is 4.88. The average Bonchev–Trinajstić information content (AvgIpc) is 2.86. The highest BCUT2D eigenvalue weighted by Crippen LogP contribution is 2.30. The lowest BCUT2D eigenvalue weighted by atomic mass is 10.3. The van der Waals surface area contributed by atoms with E-state index in [1.165, 1.54) is 16.7 Å². The SMILES string of the molecule is O=C(Cn1c(=O)sc2cccc(Cl)c21)Oc1ccc(Cl)cc1[N+](=O)[O-]. The van der Waals surface area contributed by atoms with Crippen molar-refractivity contribution in [3.05, 3.63) is 66.2 Å². The summed E-state index contributed by atoms with van der Waals surface area (Å²) in [5.41, 5.74) is -0.0249. The number of benzene rings is 2. The van der Waals surface area contributed by atoms with Gasteiger partial charge in [-0.15, -0.1) is 0 Å². The summed E-state index contributed by atoms with van der Waals surface area (Å²) in [6.45, 7) is -0.428. The van der Waals surface area contributed by atoms with E-state index in [4.69, 9.17) is 27.9 Å². The number of ether oxygens (including phenoxy) is 1. The number of nitro groups is 1. The average molecular weight is 399 g/mol. The zero-order valence-corrected chi connectivity index (χ0v) is 14.6. The molecule has 7 nitrogen and oxygen atoms in total. The molecule has 2 aromatic carbocycles. The Morgan fingerprint density at radius 3 is 2.76 bits per heavy atom. The highest BCUT2D eigenvalue weighted by atomic mass is 35.5. The molecule has 3 aromatic rings. The van der Waals surface area contributed by atoms with Crippen LogP contribution in [0.15, 0.2) is 41.2 Å². The number of carbonyl (C=O) groups is 1. The van der Waals surface area contributed by atoms with E-state index in [-0.39, 0.29) is 15.6 Å². The van der Waals surface area contributed by atoms with Crippen LogP contribution in [0.4, 0.5) is 5.69 Å². The van der Waals surface area contributed by atoms with Crippen LogP contribution in [0.2, 0.25) is 10.0 Å². The maximum absolute atomic E-state index is 12.2. The van der Waals surface area contributed by atoms with Crippen LogP contribution in [0.5, 0.6) is 5.75 Å². The number of nitrogens with zero attached hydrogens (tertiary/aromatic N) is 2. The Morgan fingerprint density at radius 1 is 1.28 bits per heavy atom. The van der Waals surface area contributed by atoms with E-state index in [2.05, 4.69) is 0 Å². The number of esters is 1. The minimum absolute atomic E-state index is 0.137. The quantitative estimate of drug-likeness (QED) is 0.287. The molecule has 0 aliphatic carbocycles. The topological polar surface area (TPSA) is 91.4 Å². The minimum atomic E-state index is -0.841. The van der Waals surface area contributed by atoms with Gasteiger partial charge in [0, 0.05) is 11.1 Å². The minimum Gasteiger partial charge on any atom is -0.418 e. The van der Waals surface area contributed by atoms with Gasteiger partial charge in [0.05, 0.1) is 20.2 Å². The maximum Gasteiger partial charge on any atom is 0.331 e. The number of carbonyl (C=O) groups excluding carboxylic acids is 1. The Balaban J connectivity index is 1.91. The molecule has 0 radical (unpaired) electrons. The van der Waals surface area contributed by atoms with Crippen LogP contribution in [-0.2, 0) is 11.3 Å². The van der Waals surface area contributed by atoms with E-state index in [9.17, 15) is 19.7 Å². The fourth-order valence-electron chi connectivity index (χ4n) is 2.23. The first-order valence-electron chi connectivity index (χ1n) is 6.79. The molecular formula is C15H8Cl2N2O5S. The van der Waals surface area contributed by atoms with Gasteiger partial charge in [-0.25, -0.2) is 4.79 Å². The summed E-state index contributed by atoms with van der Waals surface area (Å²) in [6, 6.07) is 8.66. The van der Waals surface area contributed by atoms with Crippen molar-refractivity contribution in [1.29, 1.82) is 0 Å². The molecule has 0 unspecified atom stereocenters. The molecule has 25 heavy (non-hydrogen) atoms. The van der Waals surface area contributed by atoms with Crippen molar-refractivity contribution in [3.8, 4) is 5.75 Å². The van der Waals surface area contributed by atoms with Gasteiger partial charge in [0.25, 0.3) is 0 Å². The van der Waals surface area contributed by atoms with Crippen molar-refractivity contribution in [2.24, 2.45) is 0 Å². The van der Waals surface area contributed by atoms with Crippen molar-refractivity contribution < 1.29 is 14.5 Å². The molecule has 0 aliphatic rings. The van der Waals surface area contributed by atoms with E-state index in [1.54, 1.807) is 18.2 Å². The summed E-state index contributed by atoms with van der Waals surface area (Å²) in [6.07, 6.45) is 0. The van der Waals surface area contributed by atoms with Crippen LogP contribution < -0.4 is 9.61 Å². The van der Waals surface area contributed by atoms with E-state index in [0.29, 0.717) is 15.2 Å². The number of nitro benzene ring substituents is 1. The number of thiazole rings is 1. The summed E-state index contributed by atoms with van der Waals surface area (Å²) < 4.78 is 6.84. The second kappa shape index (κ2) is 6.83. The molecule has 0 saturated heterocycles. The number of halogens is 2. The van der Waals surface area contributed by atoms with Gasteiger partial charge in [-0.05, 0) is 24.3 Å². The molecule has 0 aliphatic heterocycles. The number of rotatable bonds is 4. The zero-order valence-electron chi connectivity index (χ0n) is 12.3. The first-order chi connectivity index (χ1) is 11.9. The molecule has 10 heteroatoms. The molecule has 1 heterocycles. The Labute approximate surface area is 154 Å². The summed E-state index contributed by atoms with van der Waals surface area (Å²) in [4.78, 5) is 34.2. The lowest BCUT2D eigenvalue weighted by molar-refractivity contribution is -0.385. The van der Waals surface area contributed by atoms with Crippen molar-refractivity contribution >= 4 is 56.4 Å². The molecule has 0 fully saturated rings. The molecule has 128 valence electrons. The number of para-hydroxylation sites is 1. The number of hydrogen-bond donors (Lipinski definition) is 0. The molecule has 0 bridgehead atoms. The molecule has 1 aromatic heterocycles. The number of fused-ring (bicyclic) bond motifs is 1. The van der Waals surface area contributed by atoms with E-state index < -0.39 is 23.1 Å². The van der Waals surface area contributed by atoms with Gasteiger partial charge in [0.15, 0.2) is 0 Å². The summed E-state index contributed by atoms with van der Waals surface area (Å²) in [7, 11) is 0. The third-order valence-electron chi connectivity index (χ3n) is 3.27. The Bertz CT molecular complexity index is 1060. The van der Waals surface area contributed by atoms with Crippen LogP contribution >= 0.6 is 34.5 Å². The van der Waals surface area contributed by atoms with Crippen LogP contribution in [0.3, 0.4) is 0 Å². The van der Waals surface area contributed by atoms with Crippen LogP contribution in [0.1, 0.15) is 0 Å². The van der Waals surface area contributed by atoms with Crippen LogP contribution in [-0.4, -0.2) is 15.5 Å². The first kappa shape index (κ1) is 17.4. The lowest BCUT2D eigenvalue weighted by Gasteiger charge is -2.07. The van der Waals surface area contributed by atoms with Crippen molar-refractivity contribution in [2.75, 3.05) is 0 Å². The number of aromatic nitrogens is 1. The van der Waals surface area contributed by atoms with E-state index >= 15 is 0 Å². The summed E-state index contributed by atoms with van der Waals surface area (Å²) in [5.74, 6) is -1.09. The third-order valence-corrected chi connectivity index (χ3v) is 4.75. The predicted octanol–water partition coefficient (Wildman–Crippen LogP) is 3.88. The van der Waals surface area contributed by atoms with Gasteiger partial charge in [-0.1, -0.05) is 40.6 Å². The highest BCUT2D eigenvalue weighted by molar-refractivity contribution is 7.16. The Morgan fingerprint density at radius 2 is 2.04 bits per heavy atom. The molecule has 0 saturated carbocycles. The lowest BCUT2D eigenvalue weighted by Crippen LogP contribution is -2.23. The van der Waals surface area contributed by atoms with Crippen molar-refractivity contribution in [1.82, 2.24) is 4.57 Å². The van der Waals surface area contributed by atoms with E-state index in [0.717, 1.165) is 17.4 Å². The predicted molar refractivity (Wildman–Crippen MR) is 94.8 cm³/mol. The van der Waals surface area contributed by atoms with E-state index in [1.807, 2.05) is 0 Å². The molecule has 0 amide bonds. The first-order valence-corrected chi connectivity index (χ1v) is 8.36. The Kier molecular flexibility index (Phi) is 4.76. The number of hydrogen-bond acceptors (Lipinski definition) is 6. The summed E-state index contributed by atoms with van der Waals surface area (Å²) >= 11 is 12.7. The van der Waals surface area contributed by atoms with Crippen molar-refractivity contribution in [2.45, 2.75) is 6.54 Å². The molecule has 0 spiro atoms. The van der Waals surface area contributed by atoms with Crippen LogP contribution in [0, 0.1) is 10.1 Å². The fraction of sp³-hybridized carbons (Fsp3) is 0.0667. The highest BCUT2D eigenvalue weighted by Gasteiger charge is 2.20. The molecule has 0 atom stereocenters. The third kappa shape index (κ3) is 3.51. The molecular weight excluding hydrogens is 391 g/mol. The van der Waals surface area contributed by atoms with Crippen molar-refractivity contribution in [3.63, 3.8) is 0 Å². The van der Waals surface area contributed by atoms with Gasteiger partial charge < -0.3 is 4.74 Å². The molecule has 0 N–H and O–H groups in total. The smallest absolute Gasteiger partial charge is 0.331 e. The van der Waals surface area contributed by atoms with Gasteiger partial charge in [-0.2, -0.15) is 0 Å².